The van der Waals surface area contributed by atoms with Crippen LogP contribution in [0.25, 0.3) is 10.9 Å². The van der Waals surface area contributed by atoms with Crippen molar-refractivity contribution in [1.29, 1.82) is 0 Å². The lowest BCUT2D eigenvalue weighted by molar-refractivity contribution is -0.159. The smallest absolute Gasteiger partial charge is 0.246 e. The van der Waals surface area contributed by atoms with E-state index < -0.39 is 6.04 Å². The number of benzene rings is 2. The summed E-state index contributed by atoms with van der Waals surface area (Å²) in [6.07, 6.45) is 1.18. The van der Waals surface area contributed by atoms with Crippen molar-refractivity contribution in [2.75, 3.05) is 27.3 Å². The second-order valence-electron chi connectivity index (χ2n) is 8.46. The van der Waals surface area contributed by atoms with Gasteiger partial charge in [-0.05, 0) is 42.7 Å². The Morgan fingerprint density at radius 1 is 1.06 bits per heavy atom. The van der Waals surface area contributed by atoms with Crippen LogP contribution in [0.15, 0.2) is 42.5 Å². The van der Waals surface area contributed by atoms with E-state index in [1.165, 1.54) is 0 Å². The van der Waals surface area contributed by atoms with Gasteiger partial charge in [0, 0.05) is 29.6 Å². The van der Waals surface area contributed by atoms with Gasteiger partial charge < -0.3 is 24.3 Å². The number of ether oxygens (including phenoxy) is 2. The molecule has 1 N–H and O–H groups in total. The molecule has 0 aliphatic carbocycles. The van der Waals surface area contributed by atoms with Gasteiger partial charge in [0.2, 0.25) is 11.8 Å². The number of fused-ring (bicyclic) bond motifs is 4. The van der Waals surface area contributed by atoms with Crippen LogP contribution >= 0.6 is 0 Å². The zero-order chi connectivity index (χ0) is 22.4. The molecule has 7 heteroatoms. The van der Waals surface area contributed by atoms with Gasteiger partial charge in [0.05, 0.1) is 26.8 Å². The SMILES string of the molecule is COc1ccc(CCN2CC(=O)N3C(Cc4c([nH]c5ccccc45)C3C)C2=O)cc1OC. The molecule has 3 heterocycles. The van der Waals surface area contributed by atoms with Crippen molar-refractivity contribution in [3.63, 3.8) is 0 Å². The number of nitrogens with zero attached hydrogens (tertiary/aromatic N) is 2. The third-order valence-corrected chi connectivity index (χ3v) is 6.74. The van der Waals surface area contributed by atoms with Crippen molar-refractivity contribution < 1.29 is 19.1 Å². The highest BCUT2D eigenvalue weighted by molar-refractivity contribution is 5.97. The van der Waals surface area contributed by atoms with Gasteiger partial charge in [-0.3, -0.25) is 9.59 Å². The van der Waals surface area contributed by atoms with Crippen LogP contribution in [0.2, 0.25) is 0 Å². The largest absolute Gasteiger partial charge is 0.493 e. The first kappa shape index (κ1) is 20.4. The summed E-state index contributed by atoms with van der Waals surface area (Å²) in [5, 5.41) is 1.14. The van der Waals surface area contributed by atoms with Crippen molar-refractivity contribution in [1.82, 2.24) is 14.8 Å². The minimum atomic E-state index is -0.455. The van der Waals surface area contributed by atoms with Gasteiger partial charge in [0.15, 0.2) is 11.5 Å². The van der Waals surface area contributed by atoms with Crippen molar-refractivity contribution in [3.05, 3.63) is 59.3 Å². The number of rotatable bonds is 5. The molecule has 0 saturated carbocycles. The lowest BCUT2D eigenvalue weighted by Crippen LogP contribution is -2.62. The first-order valence-corrected chi connectivity index (χ1v) is 10.9. The highest BCUT2D eigenvalue weighted by Crippen LogP contribution is 2.39. The van der Waals surface area contributed by atoms with Gasteiger partial charge in [-0.25, -0.2) is 0 Å². The Labute approximate surface area is 186 Å². The van der Waals surface area contributed by atoms with Crippen molar-refractivity contribution in [2.24, 2.45) is 0 Å². The lowest BCUT2D eigenvalue weighted by atomic mass is 9.90. The van der Waals surface area contributed by atoms with E-state index in [-0.39, 0.29) is 24.4 Å². The molecule has 3 aromatic rings. The van der Waals surface area contributed by atoms with Crippen LogP contribution in [0.3, 0.4) is 0 Å². The van der Waals surface area contributed by atoms with E-state index >= 15 is 0 Å². The number of H-pyrrole nitrogens is 1. The number of aromatic amines is 1. The van der Waals surface area contributed by atoms with E-state index in [2.05, 4.69) is 11.1 Å². The molecule has 2 aliphatic rings. The summed E-state index contributed by atoms with van der Waals surface area (Å²) in [6, 6.07) is 13.3. The Hall–Kier alpha value is -3.48. The van der Waals surface area contributed by atoms with Gasteiger partial charge >= 0.3 is 0 Å². The normalized spacial score (nSPS) is 20.3. The Balaban J connectivity index is 1.38. The van der Waals surface area contributed by atoms with Crippen LogP contribution < -0.4 is 9.47 Å². The minimum Gasteiger partial charge on any atom is -0.493 e. The van der Waals surface area contributed by atoms with E-state index in [9.17, 15) is 9.59 Å². The monoisotopic (exact) mass is 433 g/mol. The van der Waals surface area contributed by atoms with Crippen LogP contribution in [0, 0.1) is 0 Å². The van der Waals surface area contributed by atoms with E-state index in [1.807, 2.05) is 43.3 Å². The second-order valence-corrected chi connectivity index (χ2v) is 8.46. The fourth-order valence-electron chi connectivity index (χ4n) is 5.12. The summed E-state index contributed by atoms with van der Waals surface area (Å²) in [4.78, 5) is 33.5. The first-order chi connectivity index (χ1) is 15.5. The molecule has 0 bridgehead atoms. The summed E-state index contributed by atoms with van der Waals surface area (Å²) in [7, 11) is 3.21. The molecule has 2 aromatic carbocycles. The quantitative estimate of drug-likeness (QED) is 0.671. The van der Waals surface area contributed by atoms with Crippen molar-refractivity contribution in [2.45, 2.75) is 31.8 Å². The number of nitrogens with one attached hydrogen (secondary N) is 1. The zero-order valence-electron chi connectivity index (χ0n) is 18.6. The molecule has 32 heavy (non-hydrogen) atoms. The summed E-state index contributed by atoms with van der Waals surface area (Å²) in [5.41, 5.74) is 4.27. The Bertz CT molecular complexity index is 1200. The van der Waals surface area contributed by atoms with Gasteiger partial charge in [-0.15, -0.1) is 0 Å². The first-order valence-electron chi connectivity index (χ1n) is 10.9. The van der Waals surface area contributed by atoms with Gasteiger partial charge in [-0.2, -0.15) is 0 Å². The highest BCUT2D eigenvalue weighted by Gasteiger charge is 2.46. The van der Waals surface area contributed by atoms with Crippen LogP contribution in [0.4, 0.5) is 0 Å². The number of aromatic nitrogens is 1. The molecule has 1 fully saturated rings. The maximum absolute atomic E-state index is 13.4. The zero-order valence-corrected chi connectivity index (χ0v) is 18.6. The Kier molecular flexibility index (Phi) is 5.04. The second kappa shape index (κ2) is 7.89. The fourth-order valence-corrected chi connectivity index (χ4v) is 5.12. The van der Waals surface area contributed by atoms with Crippen LogP contribution in [-0.2, 0) is 22.4 Å². The maximum atomic E-state index is 13.4. The molecular formula is C25H27N3O4. The average Bonchev–Trinajstić information content (AvgIpc) is 3.19. The summed E-state index contributed by atoms with van der Waals surface area (Å²) >= 11 is 0. The number of hydrogen-bond acceptors (Lipinski definition) is 4. The molecule has 2 aliphatic heterocycles. The van der Waals surface area contributed by atoms with E-state index in [0.717, 1.165) is 27.7 Å². The molecule has 2 atom stereocenters. The molecule has 1 saturated heterocycles. The van der Waals surface area contributed by atoms with Gasteiger partial charge in [0.1, 0.15) is 6.04 Å². The summed E-state index contributed by atoms with van der Waals surface area (Å²) in [5.74, 6) is 1.35. The number of para-hydroxylation sites is 1. The third-order valence-electron chi connectivity index (χ3n) is 6.74. The van der Waals surface area contributed by atoms with E-state index in [1.54, 1.807) is 24.0 Å². The maximum Gasteiger partial charge on any atom is 0.246 e. The fraction of sp³-hybridized carbons (Fsp3) is 0.360. The van der Waals surface area contributed by atoms with Gasteiger partial charge in [-0.1, -0.05) is 24.3 Å². The third kappa shape index (κ3) is 3.20. The summed E-state index contributed by atoms with van der Waals surface area (Å²) < 4.78 is 10.7. The topological polar surface area (TPSA) is 74.9 Å². The number of hydrogen-bond donors (Lipinski definition) is 1. The molecule has 1 aromatic heterocycles. The minimum absolute atomic E-state index is 0.00119. The molecule has 166 valence electrons. The van der Waals surface area contributed by atoms with Crippen molar-refractivity contribution in [3.8, 4) is 11.5 Å². The summed E-state index contributed by atoms with van der Waals surface area (Å²) in [6.45, 7) is 2.60. The van der Waals surface area contributed by atoms with Crippen LogP contribution in [0.5, 0.6) is 11.5 Å². The Morgan fingerprint density at radius 3 is 2.62 bits per heavy atom. The molecule has 0 radical (unpaired) electrons. The number of amides is 2. The van der Waals surface area contributed by atoms with Crippen LogP contribution in [0.1, 0.15) is 29.8 Å². The molecule has 0 spiro atoms. The molecule has 5 rings (SSSR count). The van der Waals surface area contributed by atoms with E-state index in [4.69, 9.17) is 9.47 Å². The number of carbonyl (C=O) groups is 2. The number of piperazine rings is 1. The number of carbonyl (C=O) groups excluding carboxylic acids is 2. The molecule has 2 amide bonds. The predicted octanol–water partition coefficient (Wildman–Crippen LogP) is 3.08. The predicted molar refractivity (Wildman–Crippen MR) is 121 cm³/mol. The van der Waals surface area contributed by atoms with Crippen molar-refractivity contribution >= 4 is 22.7 Å². The van der Waals surface area contributed by atoms with Gasteiger partial charge in [0.25, 0.3) is 0 Å². The van der Waals surface area contributed by atoms with Crippen LogP contribution in [-0.4, -0.2) is 59.9 Å². The molecule has 2 unspecified atom stereocenters. The standard InChI is InChI=1S/C25H27N3O4/c1-15-24-18(17-6-4-5-7-19(17)26-24)13-20-25(30)27(14-23(29)28(15)20)11-10-16-8-9-21(31-2)22(12-16)32-3/h4-9,12,15,20,26H,10-11,13-14H2,1-3H3. The lowest BCUT2D eigenvalue weighted by Gasteiger charge is -2.46. The molecular weight excluding hydrogens is 406 g/mol. The Morgan fingerprint density at radius 2 is 1.84 bits per heavy atom. The van der Waals surface area contributed by atoms with E-state index in [0.29, 0.717) is 30.9 Å². The number of methoxy groups -OCH3 is 2. The molecule has 7 nitrogen and oxygen atoms in total. The average molecular weight is 434 g/mol. The highest BCUT2D eigenvalue weighted by atomic mass is 16.5.